The molecule has 0 spiro atoms. The summed E-state index contributed by atoms with van der Waals surface area (Å²) in [7, 11) is -3.88. The molecule has 4 aromatic rings. The number of nitrogens with zero attached hydrogens (tertiary/aromatic N) is 2. The van der Waals surface area contributed by atoms with Gasteiger partial charge in [-0.1, -0.05) is 36.4 Å². The van der Waals surface area contributed by atoms with E-state index < -0.39 is 26.8 Å². The van der Waals surface area contributed by atoms with Gasteiger partial charge in [0.15, 0.2) is 0 Å². The first-order chi connectivity index (χ1) is 18.9. The number of carbonyl (C=O) groups excluding carboxylic acids is 1. The van der Waals surface area contributed by atoms with Gasteiger partial charge < -0.3 is 9.84 Å². The van der Waals surface area contributed by atoms with Crippen LogP contribution in [0.15, 0.2) is 67.0 Å². The fraction of sp³-hybridized carbons (Fsp3) is 0.300. The van der Waals surface area contributed by atoms with Crippen molar-refractivity contribution in [1.82, 2.24) is 14.7 Å². The Morgan fingerprint density at radius 1 is 1.07 bits per heavy atom. The minimum atomic E-state index is -3.88. The highest BCUT2D eigenvalue weighted by atomic mass is 32.2. The van der Waals surface area contributed by atoms with Crippen LogP contribution in [-0.2, 0) is 16.4 Å². The van der Waals surface area contributed by atoms with Gasteiger partial charge in [-0.2, -0.15) is 0 Å². The molecule has 10 heteroatoms. The van der Waals surface area contributed by atoms with Crippen LogP contribution in [0.4, 0.5) is 0 Å². The number of fused-ring (bicyclic) bond motifs is 1. The quantitative estimate of drug-likeness (QED) is 0.318. The van der Waals surface area contributed by atoms with Gasteiger partial charge >= 0.3 is 0 Å². The molecule has 3 heterocycles. The van der Waals surface area contributed by atoms with Crippen LogP contribution >= 0.6 is 11.3 Å². The summed E-state index contributed by atoms with van der Waals surface area (Å²) in [5.41, 5.74) is 4.01. The van der Waals surface area contributed by atoms with Crippen LogP contribution in [0.5, 0.6) is 5.75 Å². The summed E-state index contributed by atoms with van der Waals surface area (Å²) >= 11 is 1.62. The minimum absolute atomic E-state index is 0.178. The Morgan fingerprint density at radius 3 is 2.50 bits per heavy atom. The normalized spacial score (nSPS) is 17.1. The molecule has 5 rings (SSSR count). The molecule has 8 nitrogen and oxygen atoms in total. The van der Waals surface area contributed by atoms with E-state index in [1.54, 1.807) is 47.7 Å². The molecule has 0 saturated heterocycles. The molecule has 208 valence electrons. The van der Waals surface area contributed by atoms with Crippen molar-refractivity contribution < 1.29 is 23.1 Å². The first-order valence-electron chi connectivity index (χ1n) is 12.9. The van der Waals surface area contributed by atoms with Gasteiger partial charge in [0, 0.05) is 40.7 Å². The summed E-state index contributed by atoms with van der Waals surface area (Å²) in [4.78, 5) is 23.0. The highest BCUT2D eigenvalue weighted by molar-refractivity contribution is 7.91. The Labute approximate surface area is 238 Å². The number of amides is 1. The zero-order chi connectivity index (χ0) is 28.7. The highest BCUT2D eigenvalue weighted by Gasteiger charge is 2.33. The lowest BCUT2D eigenvalue weighted by Gasteiger charge is -2.30. The van der Waals surface area contributed by atoms with Crippen LogP contribution in [0.2, 0.25) is 0 Å². The number of sulfonamides is 1. The zero-order valence-electron chi connectivity index (χ0n) is 22.7. The number of aryl methyl sites for hydroxylation is 1. The van der Waals surface area contributed by atoms with Gasteiger partial charge in [0.2, 0.25) is 10.0 Å². The van der Waals surface area contributed by atoms with E-state index in [0.717, 1.165) is 21.1 Å². The molecule has 2 atom stereocenters. The van der Waals surface area contributed by atoms with Crippen molar-refractivity contribution in [2.75, 3.05) is 6.61 Å². The number of aromatic nitrogens is 2. The summed E-state index contributed by atoms with van der Waals surface area (Å²) in [5, 5.41) is 12.2. The fourth-order valence-electron chi connectivity index (χ4n) is 4.50. The third-order valence-electron chi connectivity index (χ3n) is 6.95. The summed E-state index contributed by atoms with van der Waals surface area (Å²) in [6.45, 7) is 6.87. The molecule has 1 aliphatic heterocycles. The number of pyridine rings is 1. The van der Waals surface area contributed by atoms with Crippen molar-refractivity contribution in [3.63, 3.8) is 0 Å². The Hall–Kier alpha value is -3.60. The standard InChI is InChI=1S/C30H31N3O5S2/c1-18-31-16-27(39-18)20-9-11-22(32-15-20)13-21-17-38-26-14-19(10-12-25(26)28(21)34)23-7-5-6-8-24(23)29(35)33-40(36,37)30(2,3)4/h5-12,14-16,21,28,34H,13,17H2,1-4H3,(H,33,35)/t21-,28+/m0/s1. The fourth-order valence-corrected chi connectivity index (χ4v) is 5.93. The number of thiazole rings is 1. The van der Waals surface area contributed by atoms with Gasteiger partial charge in [0.25, 0.3) is 5.91 Å². The van der Waals surface area contributed by atoms with Crippen molar-refractivity contribution in [2.45, 2.75) is 45.0 Å². The summed E-state index contributed by atoms with van der Waals surface area (Å²) in [6, 6.07) is 16.2. The highest BCUT2D eigenvalue weighted by Crippen LogP contribution is 2.40. The van der Waals surface area contributed by atoms with Gasteiger partial charge in [0.05, 0.1) is 27.3 Å². The van der Waals surface area contributed by atoms with Crippen LogP contribution < -0.4 is 9.46 Å². The van der Waals surface area contributed by atoms with Crippen LogP contribution in [-0.4, -0.2) is 40.8 Å². The van der Waals surface area contributed by atoms with E-state index in [2.05, 4.69) is 14.7 Å². The number of ether oxygens (including phenoxy) is 1. The average molecular weight is 578 g/mol. The lowest BCUT2D eigenvalue weighted by atomic mass is 9.88. The Balaban J connectivity index is 1.34. The van der Waals surface area contributed by atoms with E-state index in [-0.39, 0.29) is 11.5 Å². The number of aliphatic hydroxyl groups is 1. The maximum Gasteiger partial charge on any atom is 0.265 e. The molecule has 0 bridgehead atoms. The molecule has 0 fully saturated rings. The lowest BCUT2D eigenvalue weighted by molar-refractivity contribution is 0.0503. The zero-order valence-corrected chi connectivity index (χ0v) is 24.3. The van der Waals surface area contributed by atoms with Crippen molar-refractivity contribution in [3.05, 3.63) is 88.8 Å². The van der Waals surface area contributed by atoms with Crippen molar-refractivity contribution >= 4 is 27.3 Å². The first-order valence-corrected chi connectivity index (χ1v) is 15.2. The maximum absolute atomic E-state index is 13.0. The van der Waals surface area contributed by atoms with Crippen molar-refractivity contribution in [2.24, 2.45) is 5.92 Å². The van der Waals surface area contributed by atoms with Crippen molar-refractivity contribution in [1.29, 1.82) is 0 Å². The molecule has 0 radical (unpaired) electrons. The number of benzene rings is 2. The van der Waals surface area contributed by atoms with E-state index in [9.17, 15) is 18.3 Å². The molecular formula is C30H31N3O5S2. The van der Waals surface area contributed by atoms with E-state index in [1.807, 2.05) is 37.5 Å². The number of hydrogen-bond acceptors (Lipinski definition) is 8. The Morgan fingerprint density at radius 2 is 1.82 bits per heavy atom. The van der Waals surface area contributed by atoms with E-state index in [1.165, 1.54) is 20.8 Å². The van der Waals surface area contributed by atoms with Gasteiger partial charge in [0.1, 0.15) is 5.75 Å². The molecule has 1 amide bonds. The summed E-state index contributed by atoms with van der Waals surface area (Å²) < 4.78 is 32.3. The van der Waals surface area contributed by atoms with E-state index in [0.29, 0.717) is 35.5 Å². The Kier molecular flexibility index (Phi) is 7.52. The molecule has 2 N–H and O–H groups in total. The minimum Gasteiger partial charge on any atom is -0.493 e. The van der Waals surface area contributed by atoms with Gasteiger partial charge in [-0.05, 0) is 63.4 Å². The number of rotatable bonds is 6. The largest absolute Gasteiger partial charge is 0.493 e. The van der Waals surface area contributed by atoms with Crippen LogP contribution in [0.25, 0.3) is 21.6 Å². The molecule has 40 heavy (non-hydrogen) atoms. The number of hydrogen-bond donors (Lipinski definition) is 2. The second-order valence-corrected chi connectivity index (χ2v) is 14.5. The number of aliphatic hydroxyl groups excluding tert-OH is 1. The van der Waals surface area contributed by atoms with Crippen molar-refractivity contribution in [3.8, 4) is 27.3 Å². The second-order valence-electron chi connectivity index (χ2n) is 10.8. The lowest BCUT2D eigenvalue weighted by Crippen LogP contribution is -2.42. The smallest absolute Gasteiger partial charge is 0.265 e. The van der Waals surface area contributed by atoms with Crippen LogP contribution in [0.1, 0.15) is 53.5 Å². The second kappa shape index (κ2) is 10.8. The van der Waals surface area contributed by atoms with Gasteiger partial charge in [-0.15, -0.1) is 11.3 Å². The molecule has 0 aliphatic carbocycles. The van der Waals surface area contributed by atoms with E-state index >= 15 is 0 Å². The van der Waals surface area contributed by atoms with Crippen LogP contribution in [0.3, 0.4) is 0 Å². The molecular weight excluding hydrogens is 546 g/mol. The van der Waals surface area contributed by atoms with E-state index in [4.69, 9.17) is 4.74 Å². The molecule has 2 aromatic heterocycles. The predicted molar refractivity (Wildman–Crippen MR) is 156 cm³/mol. The third-order valence-corrected chi connectivity index (χ3v) is 9.98. The predicted octanol–water partition coefficient (Wildman–Crippen LogP) is 5.32. The Bertz CT molecular complexity index is 1660. The number of carbonyl (C=O) groups is 1. The maximum atomic E-state index is 13.0. The number of nitrogens with one attached hydrogen (secondary N) is 1. The summed E-state index contributed by atoms with van der Waals surface area (Å²) in [6.07, 6.45) is 3.48. The third kappa shape index (κ3) is 5.65. The summed E-state index contributed by atoms with van der Waals surface area (Å²) in [5.74, 6) is -0.348. The average Bonchev–Trinajstić information content (AvgIpc) is 3.36. The first kappa shape index (κ1) is 27.9. The topological polar surface area (TPSA) is 118 Å². The van der Waals surface area contributed by atoms with Gasteiger partial charge in [-0.3, -0.25) is 9.78 Å². The van der Waals surface area contributed by atoms with Crippen LogP contribution in [0, 0.1) is 12.8 Å². The monoisotopic (exact) mass is 577 g/mol. The molecule has 1 aliphatic rings. The molecule has 0 saturated carbocycles. The van der Waals surface area contributed by atoms with Gasteiger partial charge in [-0.25, -0.2) is 18.1 Å². The molecule has 0 unspecified atom stereocenters. The molecule has 2 aromatic carbocycles. The SMILES string of the molecule is Cc1ncc(-c2ccc(C[C@H]3COc4cc(-c5ccccc5C(=O)NS(=O)(=O)C(C)(C)C)ccc4[C@@H]3O)nc2)s1.